The minimum absolute atomic E-state index is 0.274. The van der Waals surface area contributed by atoms with Gasteiger partial charge in [-0.05, 0) is 36.4 Å². The van der Waals surface area contributed by atoms with Crippen LogP contribution < -0.4 is 10.2 Å². The lowest BCUT2D eigenvalue weighted by Gasteiger charge is -2.30. The largest absolute Gasteiger partial charge is 0.378 e. The lowest BCUT2D eigenvalue weighted by Crippen LogP contribution is -2.36. The normalized spacial score (nSPS) is 14.5. The summed E-state index contributed by atoms with van der Waals surface area (Å²) < 4.78 is 6.28. The fourth-order valence-electron chi connectivity index (χ4n) is 2.55. The van der Waals surface area contributed by atoms with Crippen LogP contribution in [0.3, 0.4) is 0 Å². The number of anilines is 2. The Morgan fingerprint density at radius 2 is 1.88 bits per heavy atom. The maximum atomic E-state index is 12.6. The number of ether oxygens (including phenoxy) is 1. The number of rotatable bonds is 3. The van der Waals surface area contributed by atoms with Gasteiger partial charge in [0.15, 0.2) is 0 Å². The van der Waals surface area contributed by atoms with E-state index in [4.69, 9.17) is 27.9 Å². The van der Waals surface area contributed by atoms with Crippen LogP contribution in [-0.4, -0.2) is 32.2 Å². The first kappa shape index (κ1) is 17.5. The molecule has 0 spiro atoms. The lowest BCUT2D eigenvalue weighted by atomic mass is 10.2. The second-order valence-corrected chi connectivity index (χ2v) is 7.10. The maximum absolute atomic E-state index is 12.6. The molecule has 7 heteroatoms. The number of hydrogen-bond acceptors (Lipinski definition) is 3. The summed E-state index contributed by atoms with van der Waals surface area (Å²) in [6, 6.07) is 10.6. The highest BCUT2D eigenvalue weighted by Crippen LogP contribution is 2.31. The molecule has 4 nitrogen and oxygen atoms in total. The fraction of sp³-hybridized carbons (Fsp3) is 0.235. The molecule has 1 amide bonds. The summed E-state index contributed by atoms with van der Waals surface area (Å²) in [6.45, 7) is 2.91. The van der Waals surface area contributed by atoms with Crippen molar-refractivity contribution in [3.8, 4) is 0 Å². The molecule has 0 atom stereocenters. The van der Waals surface area contributed by atoms with Crippen molar-refractivity contribution in [2.75, 3.05) is 36.5 Å². The first-order valence-corrected chi connectivity index (χ1v) is 8.98. The Morgan fingerprint density at radius 1 is 1.12 bits per heavy atom. The van der Waals surface area contributed by atoms with Crippen molar-refractivity contribution >= 4 is 56.4 Å². The van der Waals surface area contributed by atoms with Gasteiger partial charge in [-0.1, -0.05) is 39.1 Å². The van der Waals surface area contributed by atoms with E-state index >= 15 is 0 Å². The van der Waals surface area contributed by atoms with Gasteiger partial charge >= 0.3 is 0 Å². The van der Waals surface area contributed by atoms with Gasteiger partial charge in [-0.25, -0.2) is 0 Å². The third-order valence-electron chi connectivity index (χ3n) is 3.73. The Labute approximate surface area is 158 Å². The van der Waals surface area contributed by atoms with E-state index in [1.807, 2.05) is 18.2 Å². The number of nitrogens with zero attached hydrogens (tertiary/aromatic N) is 1. The molecule has 24 heavy (non-hydrogen) atoms. The molecular formula is C17H15BrCl2N2O2. The van der Waals surface area contributed by atoms with E-state index in [1.54, 1.807) is 18.2 Å². The predicted molar refractivity (Wildman–Crippen MR) is 102 cm³/mol. The summed E-state index contributed by atoms with van der Waals surface area (Å²) in [5, 5.41) is 3.76. The van der Waals surface area contributed by atoms with E-state index in [0.717, 1.165) is 28.9 Å². The number of morpholine rings is 1. The molecule has 3 rings (SSSR count). The first-order valence-electron chi connectivity index (χ1n) is 7.43. The summed E-state index contributed by atoms with van der Waals surface area (Å²) in [5.41, 5.74) is 2.07. The zero-order valence-electron chi connectivity index (χ0n) is 12.7. The molecule has 0 radical (unpaired) electrons. The molecular weight excluding hydrogens is 415 g/mol. The summed E-state index contributed by atoms with van der Waals surface area (Å²) in [4.78, 5) is 14.8. The summed E-state index contributed by atoms with van der Waals surface area (Å²) in [7, 11) is 0. The Balaban J connectivity index is 1.88. The SMILES string of the molecule is O=C(Nc1cc(Br)ccc1N1CCOCC1)c1ccc(Cl)cc1Cl. The Kier molecular flexibility index (Phi) is 5.66. The number of carbonyl (C=O) groups is 1. The van der Waals surface area contributed by atoms with Crippen molar-refractivity contribution in [3.63, 3.8) is 0 Å². The quantitative estimate of drug-likeness (QED) is 0.758. The zero-order chi connectivity index (χ0) is 17.1. The number of halogens is 3. The number of nitrogens with one attached hydrogen (secondary N) is 1. The van der Waals surface area contributed by atoms with E-state index in [9.17, 15) is 4.79 Å². The van der Waals surface area contributed by atoms with Gasteiger partial charge in [0.2, 0.25) is 0 Å². The number of benzene rings is 2. The van der Waals surface area contributed by atoms with Crippen LogP contribution in [0.25, 0.3) is 0 Å². The van der Waals surface area contributed by atoms with Crippen LogP contribution in [-0.2, 0) is 4.74 Å². The molecule has 1 aliphatic rings. The van der Waals surface area contributed by atoms with Crippen LogP contribution in [0, 0.1) is 0 Å². The topological polar surface area (TPSA) is 41.6 Å². The molecule has 1 heterocycles. The van der Waals surface area contributed by atoms with E-state index in [1.165, 1.54) is 0 Å². The van der Waals surface area contributed by atoms with Gasteiger partial charge in [0.05, 0.1) is 35.2 Å². The van der Waals surface area contributed by atoms with Gasteiger partial charge in [-0.3, -0.25) is 4.79 Å². The van der Waals surface area contributed by atoms with Crippen LogP contribution in [0.2, 0.25) is 10.0 Å². The molecule has 0 unspecified atom stereocenters. The van der Waals surface area contributed by atoms with Crippen LogP contribution in [0.1, 0.15) is 10.4 Å². The molecule has 126 valence electrons. The van der Waals surface area contributed by atoms with Crippen molar-refractivity contribution in [2.45, 2.75) is 0 Å². The number of amides is 1. The molecule has 0 bridgehead atoms. The van der Waals surface area contributed by atoms with E-state index in [-0.39, 0.29) is 5.91 Å². The fourth-order valence-corrected chi connectivity index (χ4v) is 3.41. The molecule has 1 aliphatic heterocycles. The van der Waals surface area contributed by atoms with E-state index in [2.05, 4.69) is 26.1 Å². The molecule has 0 aromatic heterocycles. The van der Waals surface area contributed by atoms with Gasteiger partial charge in [0.1, 0.15) is 0 Å². The first-order chi connectivity index (χ1) is 11.5. The molecule has 2 aromatic carbocycles. The zero-order valence-corrected chi connectivity index (χ0v) is 15.8. The third-order valence-corrected chi connectivity index (χ3v) is 4.78. The Hall–Kier alpha value is -1.27. The Bertz CT molecular complexity index is 764. The predicted octanol–water partition coefficient (Wildman–Crippen LogP) is 4.84. The van der Waals surface area contributed by atoms with Gasteiger partial charge in [0.25, 0.3) is 5.91 Å². The van der Waals surface area contributed by atoms with Gasteiger partial charge in [-0.15, -0.1) is 0 Å². The summed E-state index contributed by atoms with van der Waals surface area (Å²) in [5.74, 6) is -0.274. The highest BCUT2D eigenvalue weighted by molar-refractivity contribution is 9.10. The van der Waals surface area contributed by atoms with E-state index in [0.29, 0.717) is 28.8 Å². The van der Waals surface area contributed by atoms with Crippen LogP contribution in [0.5, 0.6) is 0 Å². The van der Waals surface area contributed by atoms with Crippen LogP contribution >= 0.6 is 39.1 Å². The standard InChI is InChI=1S/C17H15BrCl2N2O2/c18-11-1-4-16(22-5-7-24-8-6-22)15(9-11)21-17(23)13-3-2-12(19)10-14(13)20/h1-4,9-10H,5-8H2,(H,21,23). The minimum atomic E-state index is -0.274. The minimum Gasteiger partial charge on any atom is -0.378 e. The average molecular weight is 430 g/mol. The van der Waals surface area contributed by atoms with Gasteiger partial charge in [0, 0.05) is 22.6 Å². The molecule has 0 aliphatic carbocycles. The monoisotopic (exact) mass is 428 g/mol. The Morgan fingerprint density at radius 3 is 2.58 bits per heavy atom. The second-order valence-electron chi connectivity index (χ2n) is 5.34. The van der Waals surface area contributed by atoms with Crippen molar-refractivity contribution < 1.29 is 9.53 Å². The third kappa shape index (κ3) is 4.03. The van der Waals surface area contributed by atoms with E-state index < -0.39 is 0 Å². The number of carbonyl (C=O) groups excluding carboxylic acids is 1. The van der Waals surface area contributed by atoms with Gasteiger partial charge in [-0.2, -0.15) is 0 Å². The van der Waals surface area contributed by atoms with Gasteiger partial charge < -0.3 is 15.0 Å². The molecule has 1 N–H and O–H groups in total. The highest BCUT2D eigenvalue weighted by atomic mass is 79.9. The summed E-state index contributed by atoms with van der Waals surface area (Å²) in [6.07, 6.45) is 0. The molecule has 2 aromatic rings. The molecule has 1 saturated heterocycles. The average Bonchev–Trinajstić information content (AvgIpc) is 2.55. The van der Waals surface area contributed by atoms with Crippen molar-refractivity contribution in [1.29, 1.82) is 0 Å². The maximum Gasteiger partial charge on any atom is 0.257 e. The molecule has 1 fully saturated rings. The van der Waals surface area contributed by atoms with Crippen molar-refractivity contribution in [2.24, 2.45) is 0 Å². The smallest absolute Gasteiger partial charge is 0.257 e. The molecule has 0 saturated carbocycles. The number of hydrogen-bond donors (Lipinski definition) is 1. The lowest BCUT2D eigenvalue weighted by molar-refractivity contribution is 0.102. The van der Waals surface area contributed by atoms with Crippen LogP contribution in [0.15, 0.2) is 40.9 Å². The second kappa shape index (κ2) is 7.74. The highest BCUT2D eigenvalue weighted by Gasteiger charge is 2.18. The summed E-state index contributed by atoms with van der Waals surface area (Å²) >= 11 is 15.5. The van der Waals surface area contributed by atoms with Crippen molar-refractivity contribution in [3.05, 3.63) is 56.5 Å². The van der Waals surface area contributed by atoms with Crippen molar-refractivity contribution in [1.82, 2.24) is 0 Å². The van der Waals surface area contributed by atoms with Crippen LogP contribution in [0.4, 0.5) is 11.4 Å².